The van der Waals surface area contributed by atoms with E-state index in [1.165, 1.54) is 4.90 Å². The van der Waals surface area contributed by atoms with Gasteiger partial charge in [0.1, 0.15) is 5.54 Å². The summed E-state index contributed by atoms with van der Waals surface area (Å²) >= 11 is 0. The second-order valence-corrected chi connectivity index (χ2v) is 8.71. The van der Waals surface area contributed by atoms with Crippen LogP contribution in [0.1, 0.15) is 49.9 Å². The van der Waals surface area contributed by atoms with Gasteiger partial charge in [-0.15, -0.1) is 0 Å². The Morgan fingerprint density at radius 3 is 2.24 bits per heavy atom. The van der Waals surface area contributed by atoms with E-state index < -0.39 is 5.54 Å². The first-order valence-electron chi connectivity index (χ1n) is 10.7. The molecular formula is C22H30N4O3. The summed E-state index contributed by atoms with van der Waals surface area (Å²) in [6, 6.07) is 9.29. The summed E-state index contributed by atoms with van der Waals surface area (Å²) in [6.45, 7) is 7.07. The fraction of sp³-hybridized carbons (Fsp3) is 0.591. The number of urea groups is 1. The summed E-state index contributed by atoms with van der Waals surface area (Å²) in [5, 5.41) is 3.02. The summed E-state index contributed by atoms with van der Waals surface area (Å²) < 4.78 is 0. The number of hydrogen-bond donors (Lipinski definition) is 1. The molecule has 4 amide bonds. The molecule has 29 heavy (non-hydrogen) atoms. The van der Waals surface area contributed by atoms with Gasteiger partial charge >= 0.3 is 6.03 Å². The molecule has 3 saturated heterocycles. The molecule has 0 unspecified atom stereocenters. The molecule has 3 aliphatic rings. The smallest absolute Gasteiger partial charge is 0.325 e. The standard InChI is InChI=1S/C22H30N4O3/c1-16(2)24-14-10-22(11-15-24)20(28)26(21(29)23-22)18-8-12-25(13-9-18)19(27)17-6-4-3-5-7-17/h3-7,16,18H,8-15H2,1-2H3,(H,23,29). The number of carbonyl (C=O) groups is 3. The van der Waals surface area contributed by atoms with Crippen molar-refractivity contribution < 1.29 is 14.4 Å². The minimum atomic E-state index is -0.737. The number of carbonyl (C=O) groups excluding carboxylic acids is 3. The molecule has 7 heteroatoms. The van der Waals surface area contributed by atoms with Gasteiger partial charge in [-0.25, -0.2) is 4.79 Å². The Morgan fingerprint density at radius 1 is 1.03 bits per heavy atom. The summed E-state index contributed by atoms with van der Waals surface area (Å²) in [4.78, 5) is 44.2. The molecule has 7 nitrogen and oxygen atoms in total. The number of piperidine rings is 2. The number of rotatable bonds is 3. The quantitative estimate of drug-likeness (QED) is 0.792. The molecule has 0 radical (unpaired) electrons. The number of benzene rings is 1. The van der Waals surface area contributed by atoms with Gasteiger partial charge in [-0.1, -0.05) is 18.2 Å². The van der Waals surface area contributed by atoms with Crippen LogP contribution >= 0.6 is 0 Å². The van der Waals surface area contributed by atoms with E-state index in [9.17, 15) is 14.4 Å². The molecule has 0 bridgehead atoms. The van der Waals surface area contributed by atoms with Crippen molar-refractivity contribution in [2.45, 2.75) is 57.2 Å². The number of nitrogens with one attached hydrogen (secondary N) is 1. The Morgan fingerprint density at radius 2 is 1.66 bits per heavy atom. The van der Waals surface area contributed by atoms with E-state index in [-0.39, 0.29) is 23.9 Å². The van der Waals surface area contributed by atoms with Crippen LogP contribution in [-0.4, -0.2) is 76.3 Å². The molecule has 4 rings (SSSR count). The van der Waals surface area contributed by atoms with Crippen LogP contribution in [0.15, 0.2) is 30.3 Å². The lowest BCUT2D eigenvalue weighted by molar-refractivity contribution is -0.135. The van der Waals surface area contributed by atoms with Crippen molar-refractivity contribution in [1.29, 1.82) is 0 Å². The van der Waals surface area contributed by atoms with Crippen LogP contribution in [0.3, 0.4) is 0 Å². The Bertz CT molecular complexity index is 779. The maximum atomic E-state index is 13.2. The molecule has 3 fully saturated rings. The zero-order valence-electron chi connectivity index (χ0n) is 17.3. The van der Waals surface area contributed by atoms with Crippen LogP contribution in [0.2, 0.25) is 0 Å². The van der Waals surface area contributed by atoms with Gasteiger partial charge in [-0.2, -0.15) is 0 Å². The van der Waals surface area contributed by atoms with E-state index in [1.807, 2.05) is 35.2 Å². The van der Waals surface area contributed by atoms with Crippen molar-refractivity contribution in [1.82, 2.24) is 20.0 Å². The normalized spacial score (nSPS) is 23.1. The molecule has 3 aliphatic heterocycles. The highest BCUT2D eigenvalue weighted by Gasteiger charge is 2.54. The molecule has 1 aromatic rings. The third kappa shape index (κ3) is 3.64. The summed E-state index contributed by atoms with van der Waals surface area (Å²) in [5.74, 6) is -0.0579. The zero-order chi connectivity index (χ0) is 20.6. The molecule has 0 aromatic heterocycles. The third-order valence-corrected chi connectivity index (χ3v) is 6.71. The lowest BCUT2D eigenvalue weighted by atomic mass is 9.86. The van der Waals surface area contributed by atoms with Crippen LogP contribution in [0, 0.1) is 0 Å². The number of likely N-dealkylation sites (tertiary alicyclic amines) is 2. The van der Waals surface area contributed by atoms with Gasteiger partial charge in [0.25, 0.3) is 11.8 Å². The molecule has 3 heterocycles. The number of hydrogen-bond acceptors (Lipinski definition) is 4. The van der Waals surface area contributed by atoms with Gasteiger partial charge in [-0.3, -0.25) is 14.5 Å². The fourth-order valence-corrected chi connectivity index (χ4v) is 4.82. The van der Waals surface area contributed by atoms with E-state index in [2.05, 4.69) is 24.1 Å². The van der Waals surface area contributed by atoms with Crippen molar-refractivity contribution in [3.8, 4) is 0 Å². The monoisotopic (exact) mass is 398 g/mol. The van der Waals surface area contributed by atoms with Gasteiger partial charge in [0.2, 0.25) is 0 Å². The second kappa shape index (κ2) is 7.78. The third-order valence-electron chi connectivity index (χ3n) is 6.71. The van der Waals surface area contributed by atoms with Crippen LogP contribution in [0.25, 0.3) is 0 Å². The topological polar surface area (TPSA) is 73.0 Å². The SMILES string of the molecule is CC(C)N1CCC2(CC1)NC(=O)N(C1CCN(C(=O)c3ccccc3)CC1)C2=O. The molecule has 0 aliphatic carbocycles. The number of amides is 4. The largest absolute Gasteiger partial charge is 0.338 e. The maximum absolute atomic E-state index is 13.2. The van der Waals surface area contributed by atoms with Crippen LogP contribution in [-0.2, 0) is 4.79 Å². The van der Waals surface area contributed by atoms with E-state index in [4.69, 9.17) is 0 Å². The highest BCUT2D eigenvalue weighted by Crippen LogP contribution is 2.33. The van der Waals surface area contributed by atoms with E-state index in [0.717, 1.165) is 13.1 Å². The minimum absolute atomic E-state index is 0.0128. The average molecular weight is 399 g/mol. The van der Waals surface area contributed by atoms with Crippen molar-refractivity contribution in [3.63, 3.8) is 0 Å². The molecule has 0 atom stereocenters. The van der Waals surface area contributed by atoms with Crippen molar-refractivity contribution in [2.75, 3.05) is 26.2 Å². The molecular weight excluding hydrogens is 368 g/mol. The average Bonchev–Trinajstić information content (AvgIpc) is 2.98. The summed E-state index contributed by atoms with van der Waals surface area (Å²) in [6.07, 6.45) is 2.59. The van der Waals surface area contributed by atoms with Gasteiger partial charge in [-0.05, 0) is 51.7 Å². The first kappa shape index (κ1) is 19.9. The lowest BCUT2D eigenvalue weighted by Crippen LogP contribution is -2.56. The van der Waals surface area contributed by atoms with Crippen molar-refractivity contribution in [2.24, 2.45) is 0 Å². The first-order chi connectivity index (χ1) is 13.9. The molecule has 1 N–H and O–H groups in total. The summed E-state index contributed by atoms with van der Waals surface area (Å²) in [7, 11) is 0. The van der Waals surface area contributed by atoms with Crippen LogP contribution in [0.5, 0.6) is 0 Å². The van der Waals surface area contributed by atoms with Crippen LogP contribution < -0.4 is 5.32 Å². The predicted octanol–water partition coefficient (Wildman–Crippen LogP) is 2.09. The fourth-order valence-electron chi connectivity index (χ4n) is 4.82. The predicted molar refractivity (Wildman–Crippen MR) is 109 cm³/mol. The molecule has 156 valence electrons. The highest BCUT2D eigenvalue weighted by atomic mass is 16.2. The zero-order valence-corrected chi connectivity index (χ0v) is 17.3. The Balaban J connectivity index is 1.38. The Hall–Kier alpha value is -2.41. The van der Waals surface area contributed by atoms with Crippen molar-refractivity contribution >= 4 is 17.8 Å². The molecule has 1 aromatic carbocycles. The van der Waals surface area contributed by atoms with Gasteiger partial charge in [0, 0.05) is 43.8 Å². The summed E-state index contributed by atoms with van der Waals surface area (Å²) in [5.41, 5.74) is -0.0590. The number of imide groups is 1. The van der Waals surface area contributed by atoms with E-state index in [1.54, 1.807) is 0 Å². The van der Waals surface area contributed by atoms with E-state index >= 15 is 0 Å². The van der Waals surface area contributed by atoms with Crippen molar-refractivity contribution in [3.05, 3.63) is 35.9 Å². The minimum Gasteiger partial charge on any atom is -0.338 e. The lowest BCUT2D eigenvalue weighted by Gasteiger charge is -2.40. The first-order valence-corrected chi connectivity index (χ1v) is 10.7. The second-order valence-electron chi connectivity index (χ2n) is 8.71. The van der Waals surface area contributed by atoms with E-state index in [0.29, 0.717) is 50.4 Å². The number of nitrogens with zero attached hydrogens (tertiary/aromatic N) is 3. The van der Waals surface area contributed by atoms with Gasteiger partial charge < -0.3 is 15.1 Å². The Kier molecular flexibility index (Phi) is 5.34. The van der Waals surface area contributed by atoms with Gasteiger partial charge in [0.05, 0.1) is 0 Å². The Labute approximate surface area is 172 Å². The molecule has 0 saturated carbocycles. The maximum Gasteiger partial charge on any atom is 0.325 e. The highest BCUT2D eigenvalue weighted by molar-refractivity contribution is 6.07. The molecule has 1 spiro atoms. The van der Waals surface area contributed by atoms with Gasteiger partial charge in [0.15, 0.2) is 0 Å². The van der Waals surface area contributed by atoms with Crippen LogP contribution in [0.4, 0.5) is 4.79 Å².